The maximum atomic E-state index is 14.1. The van der Waals surface area contributed by atoms with Crippen molar-refractivity contribution in [3.05, 3.63) is 70.7 Å². The van der Waals surface area contributed by atoms with Crippen LogP contribution in [0.3, 0.4) is 0 Å². The van der Waals surface area contributed by atoms with Crippen molar-refractivity contribution in [2.45, 2.75) is 0 Å². The highest BCUT2D eigenvalue weighted by molar-refractivity contribution is 6.17. The molecule has 0 aliphatic carbocycles. The Bertz CT molecular complexity index is 955. The first kappa shape index (κ1) is 20.6. The van der Waals surface area contributed by atoms with Gasteiger partial charge < -0.3 is 31.2 Å². The predicted molar refractivity (Wildman–Crippen MR) is 101 cm³/mol. The molecule has 0 unspecified atom stereocenters. The molecule has 0 fully saturated rings. The number of carboxylic acid groups (broad SMARTS) is 1. The smallest absolute Gasteiger partial charge is 0.335 e. The van der Waals surface area contributed by atoms with Crippen LogP contribution in [0.15, 0.2) is 48.2 Å². The van der Waals surface area contributed by atoms with E-state index in [2.05, 4.69) is 0 Å². The number of aromatic carboxylic acids is 1. The van der Waals surface area contributed by atoms with Gasteiger partial charge in [0.15, 0.2) is 11.6 Å². The molecule has 0 aromatic heterocycles. The lowest BCUT2D eigenvalue weighted by Gasteiger charge is -2.11. The molecule has 2 aromatic carbocycles. The number of nitrogens with two attached hydrogens (primary N) is 1. The van der Waals surface area contributed by atoms with E-state index in [1.165, 1.54) is 24.3 Å². The Morgan fingerprint density at radius 2 is 1.75 bits per heavy atom. The van der Waals surface area contributed by atoms with Crippen LogP contribution in [0.25, 0.3) is 0 Å². The average molecular weight is 387 g/mol. The summed E-state index contributed by atoms with van der Waals surface area (Å²) in [6.07, 6.45) is 0.978. The van der Waals surface area contributed by atoms with Gasteiger partial charge in [0.25, 0.3) is 0 Å². The number of halogens is 1. The number of aliphatic hydroxyl groups is 2. The van der Waals surface area contributed by atoms with Gasteiger partial charge in [-0.1, -0.05) is 12.1 Å². The predicted octanol–water partition coefficient (Wildman–Crippen LogP) is 2.36. The number of nitrogens with one attached hydrogen (secondary N) is 2. The molecule has 0 bridgehead atoms. The molecule has 0 amide bonds. The van der Waals surface area contributed by atoms with E-state index in [0.29, 0.717) is 5.56 Å². The second kappa shape index (κ2) is 8.78. The SMILES string of the molecule is N=C(/C=C(\O)C(=N)c1cc(F)c(OCCO)cc1N)c1ccc(C(=O)O)cc1. The van der Waals surface area contributed by atoms with E-state index in [1.54, 1.807) is 0 Å². The number of anilines is 1. The van der Waals surface area contributed by atoms with E-state index in [-0.39, 0.29) is 41.5 Å². The molecule has 8 nitrogen and oxygen atoms in total. The van der Waals surface area contributed by atoms with Gasteiger partial charge in [-0.25, -0.2) is 9.18 Å². The van der Waals surface area contributed by atoms with Crippen molar-refractivity contribution in [3.8, 4) is 5.75 Å². The molecule has 0 aliphatic heterocycles. The summed E-state index contributed by atoms with van der Waals surface area (Å²) < 4.78 is 19.0. The van der Waals surface area contributed by atoms with Crippen LogP contribution in [0.5, 0.6) is 5.75 Å². The Hall–Kier alpha value is -3.72. The van der Waals surface area contributed by atoms with Crippen LogP contribution in [0, 0.1) is 16.6 Å². The second-order valence-electron chi connectivity index (χ2n) is 5.64. The normalized spacial score (nSPS) is 11.1. The molecule has 0 aliphatic rings. The summed E-state index contributed by atoms with van der Waals surface area (Å²) in [5, 5.41) is 43.7. The first-order valence-corrected chi connectivity index (χ1v) is 7.99. The zero-order valence-electron chi connectivity index (χ0n) is 14.6. The Morgan fingerprint density at radius 3 is 2.32 bits per heavy atom. The Labute approximate surface area is 159 Å². The van der Waals surface area contributed by atoms with Gasteiger partial charge in [-0.3, -0.25) is 5.41 Å². The van der Waals surface area contributed by atoms with E-state index in [1.807, 2.05) is 0 Å². The molecule has 28 heavy (non-hydrogen) atoms. The standard InChI is InChI=1S/C19H18FN3O5/c20-13-7-12(15(22)9-17(13)28-6-5-24)18(23)16(25)8-14(21)10-1-3-11(4-2-10)19(26)27/h1-4,7-9,21,23-25H,5-6,22H2,(H,26,27)/b16-8-,21-14?,23-18?. The van der Waals surface area contributed by atoms with Gasteiger partial charge in [0.05, 0.1) is 17.9 Å². The molecule has 2 rings (SSSR count). The van der Waals surface area contributed by atoms with Crippen LogP contribution in [0.4, 0.5) is 10.1 Å². The number of nitrogen functional groups attached to an aromatic ring is 1. The van der Waals surface area contributed by atoms with Gasteiger partial charge >= 0.3 is 5.97 Å². The molecule has 146 valence electrons. The number of aliphatic hydroxyl groups excluding tert-OH is 2. The second-order valence-corrected chi connectivity index (χ2v) is 5.64. The minimum atomic E-state index is -1.11. The molecule has 0 saturated carbocycles. The lowest BCUT2D eigenvalue weighted by atomic mass is 10.0. The van der Waals surface area contributed by atoms with Crippen molar-refractivity contribution in [3.63, 3.8) is 0 Å². The largest absolute Gasteiger partial charge is 0.506 e. The summed E-state index contributed by atoms with van der Waals surface area (Å²) in [5.74, 6) is -2.75. The first-order chi connectivity index (χ1) is 13.2. The maximum absolute atomic E-state index is 14.1. The number of allylic oxidation sites excluding steroid dienone is 2. The summed E-state index contributed by atoms with van der Waals surface area (Å²) in [5.41, 5.74) is 5.34. The average Bonchev–Trinajstić information content (AvgIpc) is 2.67. The van der Waals surface area contributed by atoms with Crippen LogP contribution >= 0.6 is 0 Å². The third kappa shape index (κ3) is 4.71. The summed E-state index contributed by atoms with van der Waals surface area (Å²) in [6.45, 7) is -0.438. The Morgan fingerprint density at radius 1 is 1.14 bits per heavy atom. The van der Waals surface area contributed by atoms with Crippen molar-refractivity contribution in [2.75, 3.05) is 18.9 Å². The van der Waals surface area contributed by atoms with Crippen LogP contribution in [0.1, 0.15) is 21.5 Å². The molecule has 9 heteroatoms. The summed E-state index contributed by atoms with van der Waals surface area (Å²) >= 11 is 0. The van der Waals surface area contributed by atoms with Gasteiger partial charge in [0.1, 0.15) is 18.1 Å². The number of ether oxygens (including phenoxy) is 1. The maximum Gasteiger partial charge on any atom is 0.335 e. The fourth-order valence-corrected chi connectivity index (χ4v) is 2.27. The zero-order valence-corrected chi connectivity index (χ0v) is 14.6. The van der Waals surface area contributed by atoms with Gasteiger partial charge in [0, 0.05) is 23.4 Å². The molecular weight excluding hydrogens is 369 g/mol. The Kier molecular flexibility index (Phi) is 6.46. The minimum Gasteiger partial charge on any atom is -0.506 e. The highest BCUT2D eigenvalue weighted by Crippen LogP contribution is 2.26. The minimum absolute atomic E-state index is 0.0309. The van der Waals surface area contributed by atoms with Gasteiger partial charge in [-0.2, -0.15) is 0 Å². The molecule has 0 spiro atoms. The quantitative estimate of drug-likeness (QED) is 0.231. The lowest BCUT2D eigenvalue weighted by Crippen LogP contribution is -2.11. The topological polar surface area (TPSA) is 161 Å². The van der Waals surface area contributed by atoms with Gasteiger partial charge in [0.2, 0.25) is 0 Å². The van der Waals surface area contributed by atoms with Crippen molar-refractivity contribution >= 4 is 23.1 Å². The van der Waals surface area contributed by atoms with Crippen LogP contribution in [-0.4, -0.2) is 45.9 Å². The third-order valence-electron chi connectivity index (χ3n) is 3.70. The number of carboxylic acids is 1. The van der Waals surface area contributed by atoms with Crippen LogP contribution < -0.4 is 10.5 Å². The number of rotatable bonds is 8. The third-order valence-corrected chi connectivity index (χ3v) is 3.70. The fourth-order valence-electron chi connectivity index (χ4n) is 2.27. The van der Waals surface area contributed by atoms with Crippen molar-refractivity contribution in [1.29, 1.82) is 10.8 Å². The van der Waals surface area contributed by atoms with E-state index < -0.39 is 23.3 Å². The van der Waals surface area contributed by atoms with Crippen LogP contribution in [0.2, 0.25) is 0 Å². The highest BCUT2D eigenvalue weighted by Gasteiger charge is 2.16. The lowest BCUT2D eigenvalue weighted by molar-refractivity contribution is 0.0697. The monoisotopic (exact) mass is 387 g/mol. The van der Waals surface area contributed by atoms with Crippen molar-refractivity contribution in [2.24, 2.45) is 0 Å². The molecule has 0 radical (unpaired) electrons. The molecule has 2 aromatic rings. The molecule has 0 saturated heterocycles. The summed E-state index contributed by atoms with van der Waals surface area (Å²) in [7, 11) is 0. The summed E-state index contributed by atoms with van der Waals surface area (Å²) in [4.78, 5) is 10.9. The van der Waals surface area contributed by atoms with Crippen LogP contribution in [-0.2, 0) is 0 Å². The zero-order chi connectivity index (χ0) is 20.8. The van der Waals surface area contributed by atoms with Gasteiger partial charge in [-0.15, -0.1) is 0 Å². The van der Waals surface area contributed by atoms with E-state index >= 15 is 0 Å². The molecule has 0 heterocycles. The summed E-state index contributed by atoms with van der Waals surface area (Å²) in [6, 6.07) is 7.45. The highest BCUT2D eigenvalue weighted by atomic mass is 19.1. The van der Waals surface area contributed by atoms with E-state index in [0.717, 1.165) is 18.2 Å². The number of benzene rings is 2. The van der Waals surface area contributed by atoms with E-state index in [4.69, 9.17) is 31.5 Å². The fraction of sp³-hybridized carbons (Fsp3) is 0.105. The first-order valence-electron chi connectivity index (χ1n) is 7.99. The Balaban J connectivity index is 2.24. The van der Waals surface area contributed by atoms with Crippen molar-refractivity contribution < 1.29 is 29.2 Å². The number of hydrogen-bond donors (Lipinski definition) is 6. The van der Waals surface area contributed by atoms with E-state index in [9.17, 15) is 14.3 Å². The number of hydrogen-bond acceptors (Lipinski definition) is 7. The number of carbonyl (C=O) groups is 1. The van der Waals surface area contributed by atoms with Crippen molar-refractivity contribution in [1.82, 2.24) is 0 Å². The molecule has 7 N–H and O–H groups in total. The molecule has 0 atom stereocenters. The molecular formula is C19H18FN3O5. The van der Waals surface area contributed by atoms with Gasteiger partial charge in [-0.05, 0) is 23.8 Å².